The average Bonchev–Trinajstić information content (AvgIpc) is 3.63. The molecule has 0 aromatic carbocycles. The maximum atomic E-state index is 11.6. The molecular weight excluding hydrogens is 436 g/mol. The van der Waals surface area contributed by atoms with Crippen molar-refractivity contribution in [3.05, 3.63) is 0 Å². The van der Waals surface area contributed by atoms with Crippen molar-refractivity contribution in [2.24, 2.45) is 93.2 Å². The molecule has 208 valence electrons. The Bertz CT molecular complexity index is 813. The average molecular weight is 499 g/mol. The quantitative estimate of drug-likeness (QED) is 0.409. The van der Waals surface area contributed by atoms with Crippen LogP contribution < -0.4 is 0 Å². The van der Waals surface area contributed by atoms with E-state index in [0.29, 0.717) is 28.1 Å². The molecule has 1 heteroatoms. The summed E-state index contributed by atoms with van der Waals surface area (Å²) < 4.78 is 0. The van der Waals surface area contributed by atoms with Crippen LogP contribution in [0.5, 0.6) is 0 Å². The molecule has 5 rings (SSSR count). The van der Waals surface area contributed by atoms with Crippen molar-refractivity contribution >= 4 is 0 Å². The smallest absolute Gasteiger partial charge is 0.0571 e. The van der Waals surface area contributed by atoms with Gasteiger partial charge in [-0.3, -0.25) is 0 Å². The fraction of sp³-hybridized carbons (Fsp3) is 1.00. The summed E-state index contributed by atoms with van der Waals surface area (Å²) in [6, 6.07) is 0. The van der Waals surface area contributed by atoms with Gasteiger partial charge >= 0.3 is 0 Å². The van der Waals surface area contributed by atoms with Gasteiger partial charge in [-0.05, 0) is 125 Å². The number of aliphatic hydroxyl groups is 1. The van der Waals surface area contributed by atoms with E-state index in [1.54, 1.807) is 0 Å². The highest BCUT2D eigenvalue weighted by molar-refractivity contribution is 5.21. The first-order valence-corrected chi connectivity index (χ1v) is 16.4. The monoisotopic (exact) mass is 498 g/mol. The van der Waals surface area contributed by atoms with Crippen LogP contribution in [0, 0.1) is 93.2 Å². The normalized spacial score (nSPS) is 58.1. The van der Waals surface area contributed by atoms with Crippen LogP contribution in [0.4, 0.5) is 0 Å². The molecule has 15 unspecified atom stereocenters. The van der Waals surface area contributed by atoms with Crippen LogP contribution in [0.25, 0.3) is 0 Å². The van der Waals surface area contributed by atoms with E-state index in [-0.39, 0.29) is 6.10 Å². The lowest BCUT2D eigenvalue weighted by molar-refractivity contribution is -0.298. The second-order valence-corrected chi connectivity index (χ2v) is 16.7. The third-order valence-corrected chi connectivity index (χ3v) is 15.4. The first-order chi connectivity index (χ1) is 16.7. The van der Waals surface area contributed by atoms with Crippen molar-refractivity contribution in [2.75, 3.05) is 0 Å². The van der Waals surface area contributed by atoms with E-state index in [2.05, 4.69) is 76.2 Å². The lowest BCUT2D eigenvalue weighted by atomic mass is 9.27. The Kier molecular flexibility index (Phi) is 6.88. The molecule has 5 aliphatic rings. The number of hydrogen-bond acceptors (Lipinski definition) is 1. The van der Waals surface area contributed by atoms with Crippen molar-refractivity contribution in [3.8, 4) is 0 Å². The predicted octanol–water partition coefficient (Wildman–Crippen LogP) is 9.33. The highest BCUT2D eigenvalue weighted by Gasteiger charge is 2.73. The number of fused-ring (bicyclic) bond motifs is 3. The molecule has 1 N–H and O–H groups in total. The molecule has 0 bridgehead atoms. The number of rotatable bonds is 4. The topological polar surface area (TPSA) is 20.2 Å². The van der Waals surface area contributed by atoms with Crippen molar-refractivity contribution in [1.82, 2.24) is 0 Å². The summed E-state index contributed by atoms with van der Waals surface area (Å²) in [5, 5.41) is 11.6. The molecule has 5 aliphatic carbocycles. The summed E-state index contributed by atoms with van der Waals surface area (Å²) >= 11 is 0. The third-order valence-electron chi connectivity index (χ3n) is 15.4. The van der Waals surface area contributed by atoms with Gasteiger partial charge in [0.15, 0.2) is 0 Å². The predicted molar refractivity (Wildman–Crippen MR) is 153 cm³/mol. The Labute approximate surface area is 225 Å². The first-order valence-electron chi connectivity index (χ1n) is 16.4. The Hall–Kier alpha value is -0.0400. The Balaban J connectivity index is 1.68. The van der Waals surface area contributed by atoms with E-state index in [9.17, 15) is 5.11 Å². The maximum Gasteiger partial charge on any atom is 0.0571 e. The molecule has 0 spiro atoms. The van der Waals surface area contributed by atoms with Crippen molar-refractivity contribution < 1.29 is 5.11 Å². The van der Waals surface area contributed by atoms with Gasteiger partial charge in [-0.25, -0.2) is 0 Å². The molecule has 5 saturated carbocycles. The molecular formula is C35H62O. The van der Waals surface area contributed by atoms with Gasteiger partial charge in [-0.1, -0.05) is 89.0 Å². The fourth-order valence-electron chi connectivity index (χ4n) is 13.7. The summed E-state index contributed by atoms with van der Waals surface area (Å²) in [4.78, 5) is 0. The molecule has 0 aromatic heterocycles. The van der Waals surface area contributed by atoms with Gasteiger partial charge in [0, 0.05) is 0 Å². The van der Waals surface area contributed by atoms with Crippen molar-refractivity contribution in [1.29, 1.82) is 0 Å². The summed E-state index contributed by atoms with van der Waals surface area (Å²) in [6.07, 6.45) is 9.18. The minimum absolute atomic E-state index is 0.0825. The zero-order valence-corrected chi connectivity index (χ0v) is 26.0. The standard InChI is InChI=1S/C35H62O/c1-19(2)30-21(4)18-33(9)29(17-28(36)26-15-16-26)34(10)23(6)27-14-12-13-20(3)31(27)22(5)32(34)25(8)35(33,11)24(30)7/h19-32,36H,12-18H2,1-11H3. The highest BCUT2D eigenvalue weighted by Crippen LogP contribution is 2.78. The molecule has 5 fully saturated rings. The molecule has 0 aliphatic heterocycles. The molecule has 0 aromatic rings. The molecule has 15 atom stereocenters. The summed E-state index contributed by atoms with van der Waals surface area (Å²) in [5.41, 5.74) is 0.940. The van der Waals surface area contributed by atoms with E-state index in [4.69, 9.17) is 0 Å². The van der Waals surface area contributed by atoms with E-state index in [0.717, 1.165) is 71.5 Å². The minimum atomic E-state index is -0.0825. The molecule has 0 heterocycles. The van der Waals surface area contributed by atoms with Gasteiger partial charge in [-0.2, -0.15) is 0 Å². The zero-order valence-electron chi connectivity index (χ0n) is 26.0. The lowest BCUT2D eigenvalue weighted by Crippen LogP contribution is -2.72. The summed E-state index contributed by atoms with van der Waals surface area (Å²) in [7, 11) is 0. The first kappa shape index (κ1) is 27.5. The molecule has 36 heavy (non-hydrogen) atoms. The Morgan fingerprint density at radius 3 is 2.03 bits per heavy atom. The largest absolute Gasteiger partial charge is 0.393 e. The van der Waals surface area contributed by atoms with Crippen LogP contribution in [0.2, 0.25) is 0 Å². The molecule has 0 amide bonds. The van der Waals surface area contributed by atoms with Crippen LogP contribution in [-0.4, -0.2) is 11.2 Å². The second kappa shape index (κ2) is 8.99. The second-order valence-electron chi connectivity index (χ2n) is 16.7. The number of hydrogen-bond donors (Lipinski definition) is 1. The van der Waals surface area contributed by atoms with Crippen LogP contribution in [0.3, 0.4) is 0 Å². The van der Waals surface area contributed by atoms with Gasteiger partial charge in [0.2, 0.25) is 0 Å². The molecule has 0 radical (unpaired) electrons. The van der Waals surface area contributed by atoms with Crippen LogP contribution >= 0.6 is 0 Å². The Morgan fingerprint density at radius 1 is 0.806 bits per heavy atom. The summed E-state index contributed by atoms with van der Waals surface area (Å²) in [6.45, 7) is 29.2. The van der Waals surface area contributed by atoms with Gasteiger partial charge in [0.05, 0.1) is 6.10 Å². The van der Waals surface area contributed by atoms with Crippen LogP contribution in [0.15, 0.2) is 0 Å². The van der Waals surface area contributed by atoms with E-state index in [1.807, 2.05) is 0 Å². The van der Waals surface area contributed by atoms with Gasteiger partial charge < -0.3 is 5.11 Å². The van der Waals surface area contributed by atoms with E-state index < -0.39 is 0 Å². The lowest BCUT2D eigenvalue weighted by Gasteiger charge is -2.77. The highest BCUT2D eigenvalue weighted by atomic mass is 16.3. The van der Waals surface area contributed by atoms with Crippen LogP contribution in [0.1, 0.15) is 121 Å². The van der Waals surface area contributed by atoms with E-state index in [1.165, 1.54) is 38.5 Å². The van der Waals surface area contributed by atoms with Crippen molar-refractivity contribution in [3.63, 3.8) is 0 Å². The SMILES string of the molecule is CC(C)C1C(C)CC2(C)C(CC(O)C3CC3)C3(C)C(C)C4CCCC(C)C4C(C)C3C(C)C2(C)C1C. The minimum Gasteiger partial charge on any atom is -0.393 e. The van der Waals surface area contributed by atoms with Crippen molar-refractivity contribution in [2.45, 2.75) is 127 Å². The van der Waals surface area contributed by atoms with Gasteiger partial charge in [0.1, 0.15) is 0 Å². The Morgan fingerprint density at radius 2 is 1.44 bits per heavy atom. The van der Waals surface area contributed by atoms with Gasteiger partial charge in [0.25, 0.3) is 0 Å². The van der Waals surface area contributed by atoms with Crippen LogP contribution in [-0.2, 0) is 0 Å². The number of aliphatic hydroxyl groups excluding tert-OH is 1. The fourth-order valence-corrected chi connectivity index (χ4v) is 13.7. The molecule has 1 nitrogen and oxygen atoms in total. The maximum absolute atomic E-state index is 11.6. The third kappa shape index (κ3) is 3.48. The van der Waals surface area contributed by atoms with E-state index >= 15 is 0 Å². The van der Waals surface area contributed by atoms with Gasteiger partial charge in [-0.15, -0.1) is 0 Å². The summed E-state index contributed by atoms with van der Waals surface area (Å²) in [5.74, 6) is 9.99. The zero-order chi connectivity index (χ0) is 26.5. The molecule has 0 saturated heterocycles.